The number of oxime groups is 1. The van der Waals surface area contributed by atoms with Gasteiger partial charge in [0.25, 0.3) is 17.7 Å². The van der Waals surface area contributed by atoms with Gasteiger partial charge in [0.05, 0.1) is 5.56 Å². The zero-order valence-corrected chi connectivity index (χ0v) is 18.3. The number of fused-ring (bicyclic) bond motifs is 1. The van der Waals surface area contributed by atoms with Crippen molar-refractivity contribution in [2.75, 3.05) is 18.6 Å². The van der Waals surface area contributed by atoms with Crippen LogP contribution in [0.1, 0.15) is 21.7 Å². The third-order valence-electron chi connectivity index (χ3n) is 4.75. The average molecular weight is 493 g/mol. The van der Waals surface area contributed by atoms with Crippen molar-refractivity contribution in [2.45, 2.75) is 11.4 Å². The lowest BCUT2D eigenvalue weighted by Crippen LogP contribution is -2.71. The molecule has 0 spiro atoms. The number of carboxylic acids is 1. The van der Waals surface area contributed by atoms with E-state index >= 15 is 0 Å². The fourth-order valence-corrected chi connectivity index (χ4v) is 5.27. The van der Waals surface area contributed by atoms with Gasteiger partial charge >= 0.3 is 5.97 Å². The first-order valence-corrected chi connectivity index (χ1v) is 11.0. The van der Waals surface area contributed by atoms with E-state index in [-0.39, 0.29) is 44.8 Å². The van der Waals surface area contributed by atoms with Crippen LogP contribution >= 0.6 is 23.1 Å². The van der Waals surface area contributed by atoms with Gasteiger partial charge in [0.2, 0.25) is 0 Å². The van der Waals surface area contributed by atoms with Gasteiger partial charge in [-0.25, -0.2) is 9.78 Å². The number of nitrogen functional groups attached to an aromatic ring is 1. The first kappa shape index (κ1) is 22.3. The summed E-state index contributed by atoms with van der Waals surface area (Å²) in [6.07, 6.45) is 1.09. The Morgan fingerprint density at radius 2 is 2.18 bits per heavy atom. The van der Waals surface area contributed by atoms with E-state index in [0.717, 1.165) is 22.5 Å². The quantitative estimate of drug-likeness (QED) is 0.209. The highest BCUT2D eigenvalue weighted by molar-refractivity contribution is 8.00. The molecule has 6 N–H and O–H groups in total. The van der Waals surface area contributed by atoms with Gasteiger partial charge in [-0.05, 0) is 0 Å². The Kier molecular flexibility index (Phi) is 5.77. The molecule has 33 heavy (non-hydrogen) atoms. The predicted octanol–water partition coefficient (Wildman–Crippen LogP) is -0.941. The molecular formula is C17H15N7O7S2. The SMILES string of the molecule is CO/N=C(\C(=O)NC1C(=O)N2C(C(=O)O)=C(c3conc3C(N)=O)CSC12)c1csc(N)n1. The Morgan fingerprint density at radius 3 is 2.79 bits per heavy atom. The monoisotopic (exact) mass is 493 g/mol. The summed E-state index contributed by atoms with van der Waals surface area (Å²) in [5.41, 5.74) is 10.5. The first-order valence-electron chi connectivity index (χ1n) is 9.03. The number of hydrogen-bond donors (Lipinski definition) is 4. The number of nitrogens with two attached hydrogens (primary N) is 2. The van der Waals surface area contributed by atoms with Crippen LogP contribution in [0.2, 0.25) is 0 Å². The number of thiazole rings is 1. The standard InChI is InChI=1S/C17H15N7O7S2/c1-30-22-9(7-4-33-17(19)20-7)13(26)21-10-14(27)24-11(16(28)29)6(3-32-15(10)24)5-2-31-23-8(5)12(18)25/h2,4,10,15H,3H2,1H3,(H2,18,25)(H2,19,20)(H,21,26)(H,28,29)/b22-9-. The smallest absolute Gasteiger partial charge is 0.352 e. The molecule has 2 aromatic rings. The van der Waals surface area contributed by atoms with Crippen molar-refractivity contribution in [3.05, 3.63) is 34.3 Å². The van der Waals surface area contributed by atoms with Gasteiger partial charge in [-0.3, -0.25) is 19.3 Å². The van der Waals surface area contributed by atoms with Crippen LogP contribution in [0.5, 0.6) is 0 Å². The van der Waals surface area contributed by atoms with Gasteiger partial charge in [0.15, 0.2) is 16.5 Å². The number of carbonyl (C=O) groups excluding carboxylic acids is 3. The summed E-state index contributed by atoms with van der Waals surface area (Å²) in [4.78, 5) is 59.0. The Labute approximate surface area is 192 Å². The number of rotatable bonds is 7. The summed E-state index contributed by atoms with van der Waals surface area (Å²) in [6, 6.07) is -1.03. The number of aromatic nitrogens is 2. The van der Waals surface area contributed by atoms with E-state index in [0.29, 0.717) is 0 Å². The molecule has 2 aliphatic heterocycles. The highest BCUT2D eigenvalue weighted by atomic mass is 32.2. The molecule has 4 heterocycles. The lowest BCUT2D eigenvalue weighted by Gasteiger charge is -2.49. The number of β-lactam (4-membered cyclic amide) rings is 1. The number of hydrogen-bond acceptors (Lipinski definition) is 12. The number of carboxylic acid groups (broad SMARTS) is 1. The molecule has 2 aliphatic rings. The number of nitrogens with zero attached hydrogens (tertiary/aromatic N) is 4. The maximum Gasteiger partial charge on any atom is 0.352 e. The van der Waals surface area contributed by atoms with Crippen molar-refractivity contribution in [2.24, 2.45) is 10.9 Å². The molecule has 1 saturated heterocycles. The van der Waals surface area contributed by atoms with Crippen LogP contribution in [0.15, 0.2) is 27.0 Å². The first-order chi connectivity index (χ1) is 15.7. The molecule has 0 saturated carbocycles. The van der Waals surface area contributed by atoms with Crippen LogP contribution in [0.4, 0.5) is 5.13 Å². The van der Waals surface area contributed by atoms with Crippen molar-refractivity contribution < 1.29 is 33.6 Å². The normalized spacial score (nSPS) is 20.2. The molecule has 2 aromatic heterocycles. The van der Waals surface area contributed by atoms with E-state index in [4.69, 9.17) is 20.8 Å². The lowest BCUT2D eigenvalue weighted by molar-refractivity contribution is -0.149. The minimum absolute atomic E-state index is 0.0850. The van der Waals surface area contributed by atoms with E-state index in [9.17, 15) is 24.3 Å². The summed E-state index contributed by atoms with van der Waals surface area (Å²) >= 11 is 2.28. The summed E-state index contributed by atoms with van der Waals surface area (Å²) in [5, 5.41) is 20.5. The summed E-state index contributed by atoms with van der Waals surface area (Å²) in [5.74, 6) is -3.63. The van der Waals surface area contributed by atoms with E-state index < -0.39 is 35.1 Å². The van der Waals surface area contributed by atoms with Crippen LogP contribution in [-0.2, 0) is 19.2 Å². The molecule has 0 aromatic carbocycles. The number of carbonyl (C=O) groups is 4. The van der Waals surface area contributed by atoms with E-state index in [1.807, 2.05) is 0 Å². The minimum Gasteiger partial charge on any atom is -0.477 e. The topological polar surface area (TPSA) is 216 Å². The van der Waals surface area contributed by atoms with Crippen LogP contribution in [0.3, 0.4) is 0 Å². The molecule has 172 valence electrons. The van der Waals surface area contributed by atoms with Crippen LogP contribution in [0, 0.1) is 0 Å². The van der Waals surface area contributed by atoms with Crippen molar-refractivity contribution in [3.8, 4) is 0 Å². The Hall–Kier alpha value is -3.92. The molecule has 14 nitrogen and oxygen atoms in total. The van der Waals surface area contributed by atoms with Crippen LogP contribution in [0.25, 0.3) is 5.57 Å². The molecule has 0 radical (unpaired) electrons. The zero-order valence-electron chi connectivity index (χ0n) is 16.7. The molecule has 2 unspecified atom stereocenters. The van der Waals surface area contributed by atoms with Crippen molar-refractivity contribution in [3.63, 3.8) is 0 Å². The zero-order chi connectivity index (χ0) is 23.9. The Morgan fingerprint density at radius 1 is 1.42 bits per heavy atom. The van der Waals surface area contributed by atoms with Crippen LogP contribution in [-0.4, -0.2) is 73.8 Å². The Bertz CT molecular complexity index is 1230. The molecule has 3 amide bonds. The van der Waals surface area contributed by atoms with Gasteiger partial charge in [-0.15, -0.1) is 23.1 Å². The second kappa shape index (κ2) is 8.55. The van der Waals surface area contributed by atoms with E-state index in [1.54, 1.807) is 0 Å². The molecule has 0 aliphatic carbocycles. The summed E-state index contributed by atoms with van der Waals surface area (Å²) < 4.78 is 4.78. The number of anilines is 1. The largest absolute Gasteiger partial charge is 0.477 e. The minimum atomic E-state index is -1.40. The summed E-state index contributed by atoms with van der Waals surface area (Å²) in [6.45, 7) is 0. The average Bonchev–Trinajstić information content (AvgIpc) is 3.43. The third kappa shape index (κ3) is 3.78. The number of amides is 3. The fourth-order valence-electron chi connectivity index (χ4n) is 3.36. The van der Waals surface area contributed by atoms with Gasteiger partial charge < -0.3 is 31.3 Å². The van der Waals surface area contributed by atoms with Crippen LogP contribution < -0.4 is 16.8 Å². The van der Waals surface area contributed by atoms with E-state index in [1.165, 1.54) is 24.3 Å². The number of nitrogens with one attached hydrogen (secondary N) is 1. The van der Waals surface area contributed by atoms with Gasteiger partial charge in [0.1, 0.15) is 36.2 Å². The number of thioether (sulfide) groups is 1. The number of primary amides is 1. The van der Waals surface area contributed by atoms with Gasteiger partial charge in [0, 0.05) is 16.7 Å². The molecule has 16 heteroatoms. The lowest BCUT2D eigenvalue weighted by atomic mass is 9.99. The predicted molar refractivity (Wildman–Crippen MR) is 115 cm³/mol. The summed E-state index contributed by atoms with van der Waals surface area (Å²) in [7, 11) is 1.24. The fraction of sp³-hybridized carbons (Fsp3) is 0.235. The second-order valence-corrected chi connectivity index (χ2v) is 8.62. The molecule has 2 atom stereocenters. The molecular weight excluding hydrogens is 478 g/mol. The molecule has 1 fully saturated rings. The highest BCUT2D eigenvalue weighted by Gasteiger charge is 2.55. The third-order valence-corrected chi connectivity index (χ3v) is 6.70. The van der Waals surface area contributed by atoms with Crippen molar-refractivity contribution >= 4 is 63.2 Å². The number of aliphatic carboxylic acids is 1. The van der Waals surface area contributed by atoms with Gasteiger partial charge in [-0.1, -0.05) is 10.3 Å². The van der Waals surface area contributed by atoms with Crippen molar-refractivity contribution in [1.29, 1.82) is 0 Å². The molecule has 0 bridgehead atoms. The molecule has 4 rings (SSSR count). The highest BCUT2D eigenvalue weighted by Crippen LogP contribution is 2.43. The van der Waals surface area contributed by atoms with Gasteiger partial charge in [-0.2, -0.15) is 0 Å². The maximum absolute atomic E-state index is 12.9. The second-order valence-electron chi connectivity index (χ2n) is 6.63. The maximum atomic E-state index is 12.9. The van der Waals surface area contributed by atoms with Crippen molar-refractivity contribution in [1.82, 2.24) is 20.4 Å². The Balaban J connectivity index is 1.60. The van der Waals surface area contributed by atoms with E-state index in [2.05, 4.69) is 20.6 Å².